The molecule has 18 heavy (non-hydrogen) atoms. The first-order valence-electron chi connectivity index (χ1n) is 7.17. The van der Waals surface area contributed by atoms with Gasteiger partial charge in [-0.2, -0.15) is 0 Å². The van der Waals surface area contributed by atoms with Crippen LogP contribution in [0.1, 0.15) is 33.6 Å². The summed E-state index contributed by atoms with van der Waals surface area (Å²) in [6, 6.07) is 0.596. The molecular weight excluding hydrogens is 228 g/mol. The van der Waals surface area contributed by atoms with E-state index in [1.165, 1.54) is 6.42 Å². The molecule has 2 atom stereocenters. The second kappa shape index (κ2) is 8.10. The summed E-state index contributed by atoms with van der Waals surface area (Å²) < 4.78 is 10.5. The van der Waals surface area contributed by atoms with E-state index in [-0.39, 0.29) is 0 Å². The van der Waals surface area contributed by atoms with Crippen LogP contribution in [0.25, 0.3) is 0 Å². The molecule has 1 saturated heterocycles. The molecule has 1 aliphatic rings. The lowest BCUT2D eigenvalue weighted by Gasteiger charge is -2.47. The minimum atomic E-state index is 0.305. The van der Waals surface area contributed by atoms with E-state index >= 15 is 0 Å². The Labute approximate surface area is 112 Å². The zero-order valence-electron chi connectivity index (χ0n) is 12.5. The predicted octanol–water partition coefficient (Wildman–Crippen LogP) is 1.50. The summed E-state index contributed by atoms with van der Waals surface area (Å²) in [6.07, 6.45) is 2.29. The summed E-state index contributed by atoms with van der Waals surface area (Å²) in [6.45, 7) is 12.5. The lowest BCUT2D eigenvalue weighted by atomic mass is 9.92. The second-order valence-corrected chi connectivity index (χ2v) is 5.54. The Morgan fingerprint density at radius 1 is 1.33 bits per heavy atom. The lowest BCUT2D eigenvalue weighted by molar-refractivity contribution is 0.0315. The number of hydrogen-bond acceptors (Lipinski definition) is 4. The Morgan fingerprint density at radius 2 is 2.11 bits per heavy atom. The van der Waals surface area contributed by atoms with Gasteiger partial charge in [0.15, 0.2) is 0 Å². The first-order valence-corrected chi connectivity index (χ1v) is 7.17. The van der Waals surface area contributed by atoms with Crippen LogP contribution in [-0.2, 0) is 9.47 Å². The number of hydrogen-bond donors (Lipinski definition) is 1. The van der Waals surface area contributed by atoms with Crippen molar-refractivity contribution in [3.05, 3.63) is 0 Å². The summed E-state index contributed by atoms with van der Waals surface area (Å²) in [4.78, 5) is 2.62. The highest BCUT2D eigenvalue weighted by Crippen LogP contribution is 2.22. The van der Waals surface area contributed by atoms with Gasteiger partial charge in [-0.05, 0) is 26.7 Å². The Balaban J connectivity index is 2.24. The third kappa shape index (κ3) is 4.84. The quantitative estimate of drug-likeness (QED) is 0.669. The molecule has 4 heteroatoms. The van der Waals surface area contributed by atoms with Crippen LogP contribution in [0.5, 0.6) is 0 Å². The van der Waals surface area contributed by atoms with Crippen molar-refractivity contribution in [1.29, 1.82) is 0 Å². The molecule has 0 bridgehead atoms. The average molecular weight is 258 g/mol. The van der Waals surface area contributed by atoms with E-state index in [1.807, 2.05) is 0 Å². The molecule has 0 aromatic heterocycles. The van der Waals surface area contributed by atoms with Crippen molar-refractivity contribution in [2.75, 3.05) is 46.6 Å². The molecule has 0 radical (unpaired) electrons. The van der Waals surface area contributed by atoms with Gasteiger partial charge in [-0.15, -0.1) is 0 Å². The van der Waals surface area contributed by atoms with Crippen molar-refractivity contribution in [2.45, 2.75) is 45.2 Å². The first-order chi connectivity index (χ1) is 8.62. The molecule has 4 nitrogen and oxygen atoms in total. The van der Waals surface area contributed by atoms with Crippen LogP contribution in [0.4, 0.5) is 0 Å². The molecule has 2 unspecified atom stereocenters. The van der Waals surface area contributed by atoms with Gasteiger partial charge < -0.3 is 14.8 Å². The SMILES string of the molecule is CCC1(C)CNC(C)CN1CCCOCCOC. The monoisotopic (exact) mass is 258 g/mol. The molecule has 1 rings (SSSR count). The number of methoxy groups -OCH3 is 1. The highest BCUT2D eigenvalue weighted by molar-refractivity contribution is 4.93. The molecule has 0 spiro atoms. The maximum absolute atomic E-state index is 5.53. The molecule has 0 aromatic rings. The van der Waals surface area contributed by atoms with Crippen LogP contribution in [0, 0.1) is 0 Å². The standard InChI is InChI=1S/C14H30N2O2/c1-5-14(3)12-15-13(2)11-16(14)7-6-8-18-10-9-17-4/h13,15H,5-12H2,1-4H3. The molecular formula is C14H30N2O2. The Morgan fingerprint density at radius 3 is 2.78 bits per heavy atom. The summed E-state index contributed by atoms with van der Waals surface area (Å²) in [5.74, 6) is 0. The van der Waals surface area contributed by atoms with E-state index in [4.69, 9.17) is 9.47 Å². The maximum atomic E-state index is 5.53. The van der Waals surface area contributed by atoms with E-state index in [0.29, 0.717) is 24.8 Å². The molecule has 1 heterocycles. The van der Waals surface area contributed by atoms with Gasteiger partial charge in [0, 0.05) is 44.9 Å². The topological polar surface area (TPSA) is 33.7 Å². The van der Waals surface area contributed by atoms with E-state index < -0.39 is 0 Å². The molecule has 108 valence electrons. The highest BCUT2D eigenvalue weighted by Gasteiger charge is 2.34. The van der Waals surface area contributed by atoms with Crippen molar-refractivity contribution >= 4 is 0 Å². The van der Waals surface area contributed by atoms with Crippen molar-refractivity contribution in [1.82, 2.24) is 10.2 Å². The van der Waals surface area contributed by atoms with Gasteiger partial charge in [0.05, 0.1) is 13.2 Å². The third-order valence-corrected chi connectivity index (χ3v) is 4.00. The minimum absolute atomic E-state index is 0.305. The molecule has 0 aliphatic carbocycles. The predicted molar refractivity (Wildman–Crippen MR) is 75.0 cm³/mol. The van der Waals surface area contributed by atoms with Crippen LogP contribution in [-0.4, -0.2) is 63.0 Å². The highest BCUT2D eigenvalue weighted by atomic mass is 16.5. The minimum Gasteiger partial charge on any atom is -0.382 e. The summed E-state index contributed by atoms with van der Waals surface area (Å²) in [5, 5.41) is 3.58. The van der Waals surface area contributed by atoms with Gasteiger partial charge in [0.25, 0.3) is 0 Å². The van der Waals surface area contributed by atoms with Crippen molar-refractivity contribution in [3.63, 3.8) is 0 Å². The number of nitrogens with one attached hydrogen (secondary N) is 1. The molecule has 0 aromatic carbocycles. The zero-order chi connectivity index (χ0) is 13.4. The van der Waals surface area contributed by atoms with Crippen LogP contribution in [0.2, 0.25) is 0 Å². The fourth-order valence-electron chi connectivity index (χ4n) is 2.43. The zero-order valence-corrected chi connectivity index (χ0v) is 12.5. The fraction of sp³-hybridized carbons (Fsp3) is 1.00. The second-order valence-electron chi connectivity index (χ2n) is 5.54. The van der Waals surface area contributed by atoms with Crippen LogP contribution in [0.15, 0.2) is 0 Å². The third-order valence-electron chi connectivity index (χ3n) is 4.00. The summed E-state index contributed by atoms with van der Waals surface area (Å²) >= 11 is 0. The Kier molecular flexibility index (Phi) is 7.15. The van der Waals surface area contributed by atoms with Gasteiger partial charge >= 0.3 is 0 Å². The fourth-order valence-corrected chi connectivity index (χ4v) is 2.43. The van der Waals surface area contributed by atoms with Crippen molar-refractivity contribution < 1.29 is 9.47 Å². The van der Waals surface area contributed by atoms with Gasteiger partial charge in [0.2, 0.25) is 0 Å². The van der Waals surface area contributed by atoms with E-state index in [2.05, 4.69) is 31.0 Å². The summed E-state index contributed by atoms with van der Waals surface area (Å²) in [7, 11) is 1.71. The first kappa shape index (κ1) is 15.9. The number of piperazine rings is 1. The van der Waals surface area contributed by atoms with E-state index in [0.717, 1.165) is 32.7 Å². The molecule has 1 N–H and O–H groups in total. The van der Waals surface area contributed by atoms with Gasteiger partial charge in [-0.25, -0.2) is 0 Å². The number of rotatable bonds is 8. The molecule has 0 amide bonds. The Bertz CT molecular complexity index is 226. The van der Waals surface area contributed by atoms with Gasteiger partial charge in [-0.1, -0.05) is 6.92 Å². The van der Waals surface area contributed by atoms with E-state index in [9.17, 15) is 0 Å². The summed E-state index contributed by atoms with van der Waals surface area (Å²) in [5.41, 5.74) is 0.305. The van der Waals surface area contributed by atoms with Crippen molar-refractivity contribution in [3.8, 4) is 0 Å². The van der Waals surface area contributed by atoms with Gasteiger partial charge in [0.1, 0.15) is 0 Å². The Hall–Kier alpha value is -0.160. The number of ether oxygens (including phenoxy) is 2. The maximum Gasteiger partial charge on any atom is 0.0700 e. The van der Waals surface area contributed by atoms with Crippen LogP contribution >= 0.6 is 0 Å². The van der Waals surface area contributed by atoms with Gasteiger partial charge in [-0.3, -0.25) is 4.90 Å². The van der Waals surface area contributed by atoms with Crippen LogP contribution < -0.4 is 5.32 Å². The average Bonchev–Trinajstić information content (AvgIpc) is 2.38. The lowest BCUT2D eigenvalue weighted by Crippen LogP contribution is -2.62. The largest absolute Gasteiger partial charge is 0.382 e. The molecule has 1 aliphatic heterocycles. The van der Waals surface area contributed by atoms with Crippen molar-refractivity contribution in [2.24, 2.45) is 0 Å². The van der Waals surface area contributed by atoms with Crippen LogP contribution in [0.3, 0.4) is 0 Å². The molecule has 0 saturated carbocycles. The van der Waals surface area contributed by atoms with E-state index in [1.54, 1.807) is 7.11 Å². The normalized spacial score (nSPS) is 29.7. The number of nitrogens with zero attached hydrogens (tertiary/aromatic N) is 1. The molecule has 1 fully saturated rings. The smallest absolute Gasteiger partial charge is 0.0700 e.